The third-order valence-corrected chi connectivity index (χ3v) is 6.29. The van der Waals surface area contributed by atoms with Crippen LogP contribution in [0.25, 0.3) is 31.7 Å². The highest BCUT2D eigenvalue weighted by Gasteiger charge is 2.18. The Bertz CT molecular complexity index is 1610. The molecule has 5 rings (SSSR count). The maximum atomic E-state index is 13.6. The van der Waals surface area contributed by atoms with Crippen LogP contribution >= 0.6 is 11.3 Å². The van der Waals surface area contributed by atoms with Gasteiger partial charge in [0.2, 0.25) is 5.43 Å². The van der Waals surface area contributed by atoms with E-state index in [2.05, 4.69) is 0 Å². The van der Waals surface area contributed by atoms with Gasteiger partial charge in [0.05, 0.1) is 11.5 Å². The third-order valence-electron chi connectivity index (χ3n) is 5.22. The zero-order valence-corrected chi connectivity index (χ0v) is 17.4. The van der Waals surface area contributed by atoms with Crippen molar-refractivity contribution in [2.75, 3.05) is 0 Å². The molecule has 7 nitrogen and oxygen atoms in total. The Kier molecular flexibility index (Phi) is 4.84. The largest absolute Gasteiger partial charge is 0.288 e. The molecular formula is C24H15N3O4S. The number of nitrogens with zero attached hydrogens (tertiary/aromatic N) is 3. The van der Waals surface area contributed by atoms with E-state index < -0.39 is 10.5 Å². The van der Waals surface area contributed by atoms with Gasteiger partial charge in [-0.15, -0.1) is 11.3 Å². The average Bonchev–Trinajstić information content (AvgIpc) is 2.81. The molecule has 0 fully saturated rings. The lowest BCUT2D eigenvalue weighted by molar-refractivity contribution is -0.384. The second kappa shape index (κ2) is 7.82. The van der Waals surface area contributed by atoms with Crippen LogP contribution in [0.2, 0.25) is 0 Å². The minimum atomic E-state index is -0.480. The molecule has 0 amide bonds. The summed E-state index contributed by atoms with van der Waals surface area (Å²) in [5.74, 6) is 0.354. The zero-order chi connectivity index (χ0) is 22.2. The Morgan fingerprint density at radius 1 is 0.906 bits per heavy atom. The molecule has 2 heterocycles. The molecule has 3 aromatic carbocycles. The summed E-state index contributed by atoms with van der Waals surface area (Å²) >= 11 is 1.28. The second-order valence-electron chi connectivity index (χ2n) is 7.22. The molecule has 0 atom stereocenters. The predicted octanol–water partition coefficient (Wildman–Crippen LogP) is 4.59. The van der Waals surface area contributed by atoms with Crippen molar-refractivity contribution < 1.29 is 4.92 Å². The number of aromatic nitrogens is 2. The average molecular weight is 441 g/mol. The van der Waals surface area contributed by atoms with E-state index >= 15 is 0 Å². The van der Waals surface area contributed by atoms with E-state index in [1.165, 1.54) is 28.0 Å². The van der Waals surface area contributed by atoms with E-state index in [4.69, 9.17) is 4.98 Å². The van der Waals surface area contributed by atoms with Gasteiger partial charge in [-0.3, -0.25) is 24.3 Å². The third kappa shape index (κ3) is 3.36. The fourth-order valence-corrected chi connectivity index (χ4v) is 4.69. The number of rotatable bonds is 4. The summed E-state index contributed by atoms with van der Waals surface area (Å²) in [4.78, 5) is 42.4. The molecule has 0 aliphatic carbocycles. The number of hydrogen-bond donors (Lipinski definition) is 0. The van der Waals surface area contributed by atoms with Gasteiger partial charge in [-0.25, -0.2) is 4.98 Å². The SMILES string of the molecule is O=c1c2ccccc2sc2nc(-c3ccc([N+](=O)[O-])cc3)n(Cc3ccccc3)c(=O)c12. The first-order valence-electron chi connectivity index (χ1n) is 9.78. The van der Waals surface area contributed by atoms with Gasteiger partial charge in [0.15, 0.2) is 0 Å². The number of non-ortho nitro benzene ring substituents is 1. The predicted molar refractivity (Wildman–Crippen MR) is 125 cm³/mol. The van der Waals surface area contributed by atoms with Crippen LogP contribution < -0.4 is 11.0 Å². The lowest BCUT2D eigenvalue weighted by Crippen LogP contribution is -2.27. The van der Waals surface area contributed by atoms with Crippen LogP contribution in [0.15, 0.2) is 88.5 Å². The molecule has 8 heteroatoms. The van der Waals surface area contributed by atoms with E-state index in [-0.39, 0.29) is 23.0 Å². The van der Waals surface area contributed by atoms with Gasteiger partial charge in [0, 0.05) is 27.8 Å². The van der Waals surface area contributed by atoms with Crippen molar-refractivity contribution in [2.24, 2.45) is 0 Å². The van der Waals surface area contributed by atoms with Gasteiger partial charge in [-0.2, -0.15) is 0 Å². The fourth-order valence-electron chi connectivity index (χ4n) is 3.65. The Hall–Kier alpha value is -4.17. The van der Waals surface area contributed by atoms with Crippen LogP contribution in [-0.4, -0.2) is 14.5 Å². The Balaban J connectivity index is 1.83. The number of fused-ring (bicyclic) bond motifs is 2. The van der Waals surface area contributed by atoms with Crippen LogP contribution in [0.4, 0.5) is 5.69 Å². The monoisotopic (exact) mass is 441 g/mol. The molecule has 0 N–H and O–H groups in total. The van der Waals surface area contributed by atoms with E-state index in [0.717, 1.165) is 10.3 Å². The van der Waals surface area contributed by atoms with Gasteiger partial charge in [-0.1, -0.05) is 42.5 Å². The van der Waals surface area contributed by atoms with Gasteiger partial charge < -0.3 is 0 Å². The van der Waals surface area contributed by atoms with Crippen LogP contribution in [0.1, 0.15) is 5.56 Å². The van der Waals surface area contributed by atoms with Crippen LogP contribution in [0.3, 0.4) is 0 Å². The first kappa shape index (κ1) is 19.8. The minimum Gasteiger partial charge on any atom is -0.288 e. The van der Waals surface area contributed by atoms with Crippen molar-refractivity contribution in [3.8, 4) is 11.4 Å². The summed E-state index contributed by atoms with van der Waals surface area (Å²) < 4.78 is 2.20. The molecule has 2 aromatic heterocycles. The topological polar surface area (TPSA) is 95.1 Å². The van der Waals surface area contributed by atoms with Gasteiger partial charge in [0.1, 0.15) is 16.0 Å². The highest BCUT2D eigenvalue weighted by Crippen LogP contribution is 2.26. The first-order valence-corrected chi connectivity index (χ1v) is 10.6. The van der Waals surface area contributed by atoms with Crippen molar-refractivity contribution in [3.05, 3.63) is 115 Å². The highest BCUT2D eigenvalue weighted by molar-refractivity contribution is 7.24. The standard InChI is InChI=1S/C24H15N3O4S/c28-21-18-8-4-5-9-19(18)32-23-20(21)24(29)26(14-15-6-2-1-3-7-15)22(25-23)16-10-12-17(13-11-16)27(30)31/h1-13H,14H2. The maximum Gasteiger partial charge on any atom is 0.269 e. The highest BCUT2D eigenvalue weighted by atomic mass is 32.1. The first-order chi connectivity index (χ1) is 15.5. The van der Waals surface area contributed by atoms with Crippen molar-refractivity contribution in [1.29, 1.82) is 0 Å². The van der Waals surface area contributed by atoms with E-state index in [9.17, 15) is 19.7 Å². The zero-order valence-electron chi connectivity index (χ0n) is 16.6. The van der Waals surface area contributed by atoms with Crippen LogP contribution in [0.5, 0.6) is 0 Å². The van der Waals surface area contributed by atoms with Crippen LogP contribution in [-0.2, 0) is 6.54 Å². The summed E-state index contributed by atoms with van der Waals surface area (Å²) in [6.45, 7) is 0.214. The van der Waals surface area contributed by atoms with Gasteiger partial charge in [0.25, 0.3) is 11.2 Å². The van der Waals surface area contributed by atoms with E-state index in [0.29, 0.717) is 21.6 Å². The fraction of sp³-hybridized carbons (Fsp3) is 0.0417. The number of nitro groups is 1. The van der Waals surface area contributed by atoms with Crippen molar-refractivity contribution in [3.63, 3.8) is 0 Å². The normalized spacial score (nSPS) is 11.1. The summed E-state index contributed by atoms with van der Waals surface area (Å²) in [6, 6.07) is 22.4. The number of hydrogen-bond acceptors (Lipinski definition) is 6. The van der Waals surface area contributed by atoms with Crippen molar-refractivity contribution in [2.45, 2.75) is 6.54 Å². The van der Waals surface area contributed by atoms with E-state index in [1.54, 1.807) is 24.3 Å². The molecule has 0 spiro atoms. The molecule has 0 unspecified atom stereocenters. The Morgan fingerprint density at radius 3 is 2.31 bits per heavy atom. The second-order valence-corrected chi connectivity index (χ2v) is 8.25. The summed E-state index contributed by atoms with van der Waals surface area (Å²) in [5.41, 5.74) is 0.597. The quantitative estimate of drug-likeness (QED) is 0.231. The van der Waals surface area contributed by atoms with E-state index in [1.807, 2.05) is 42.5 Å². The lowest BCUT2D eigenvalue weighted by Gasteiger charge is -2.14. The van der Waals surface area contributed by atoms with Gasteiger partial charge >= 0.3 is 0 Å². The summed E-state index contributed by atoms with van der Waals surface area (Å²) in [6.07, 6.45) is 0. The Morgan fingerprint density at radius 2 is 1.59 bits per heavy atom. The molecule has 0 radical (unpaired) electrons. The molecule has 0 aliphatic rings. The molecule has 32 heavy (non-hydrogen) atoms. The van der Waals surface area contributed by atoms with Gasteiger partial charge in [-0.05, 0) is 29.8 Å². The molecular weight excluding hydrogens is 426 g/mol. The number of benzene rings is 3. The molecule has 156 valence electrons. The molecule has 0 saturated heterocycles. The van der Waals surface area contributed by atoms with Crippen molar-refractivity contribution in [1.82, 2.24) is 9.55 Å². The summed E-state index contributed by atoms with van der Waals surface area (Å²) in [5, 5.41) is 11.6. The summed E-state index contributed by atoms with van der Waals surface area (Å²) in [7, 11) is 0. The smallest absolute Gasteiger partial charge is 0.269 e. The van der Waals surface area contributed by atoms with Crippen molar-refractivity contribution >= 4 is 37.3 Å². The molecule has 0 aliphatic heterocycles. The minimum absolute atomic E-state index is 0.0512. The lowest BCUT2D eigenvalue weighted by atomic mass is 10.1. The van der Waals surface area contributed by atoms with Crippen LogP contribution in [0, 0.1) is 10.1 Å². The molecule has 5 aromatic rings. The number of nitro benzene ring substituents is 1. The Labute approximate surface area is 185 Å². The molecule has 0 saturated carbocycles. The maximum absolute atomic E-state index is 13.6. The molecule has 0 bridgehead atoms.